The van der Waals surface area contributed by atoms with Crippen LogP contribution in [0.15, 0.2) is 16.7 Å². The fourth-order valence-electron chi connectivity index (χ4n) is 0.784. The zero-order valence-electron chi connectivity index (χ0n) is 7.20. The topological polar surface area (TPSA) is 59.1 Å². The van der Waals surface area contributed by atoms with E-state index in [2.05, 4.69) is 25.6 Å². The molecule has 0 spiro atoms. The van der Waals surface area contributed by atoms with Gasteiger partial charge in [0.05, 0.1) is 6.26 Å². The predicted octanol–water partition coefficient (Wildman–Crippen LogP) is 1.52. The Morgan fingerprint density at radius 2 is 2.08 bits per heavy atom. The monoisotopic (exact) mass is 264 g/mol. The summed E-state index contributed by atoms with van der Waals surface area (Å²) >= 11 is 3.16. The summed E-state index contributed by atoms with van der Waals surface area (Å²) in [5.41, 5.74) is 0.786. The molecule has 0 fully saturated rings. The van der Waals surface area contributed by atoms with E-state index in [1.165, 1.54) is 0 Å². The smallest absolute Gasteiger partial charge is 0.230 e. The largest absolute Gasteiger partial charge is 0.267 e. The van der Waals surface area contributed by atoms with Gasteiger partial charge in [-0.05, 0) is 34.5 Å². The Balaban J connectivity index is 3.08. The molecular formula is C7H9BrN2O2S. The second kappa shape index (κ2) is 3.63. The molecule has 0 amide bonds. The van der Waals surface area contributed by atoms with E-state index < -0.39 is 10.0 Å². The highest BCUT2D eigenvalue weighted by Gasteiger charge is 2.06. The molecule has 4 nitrogen and oxygen atoms in total. The molecular weight excluding hydrogens is 256 g/mol. The second-order valence-electron chi connectivity index (χ2n) is 2.67. The number of halogens is 1. The number of hydrogen-bond acceptors (Lipinski definition) is 3. The van der Waals surface area contributed by atoms with Crippen molar-refractivity contribution in [3.63, 3.8) is 0 Å². The van der Waals surface area contributed by atoms with Crippen LogP contribution in [0.1, 0.15) is 5.56 Å². The van der Waals surface area contributed by atoms with E-state index in [0.717, 1.165) is 11.8 Å². The Morgan fingerprint density at radius 3 is 2.62 bits per heavy atom. The van der Waals surface area contributed by atoms with Crippen LogP contribution in [0.5, 0.6) is 0 Å². The Morgan fingerprint density at radius 1 is 1.46 bits per heavy atom. The molecule has 1 heterocycles. The van der Waals surface area contributed by atoms with Crippen LogP contribution >= 0.6 is 15.9 Å². The number of pyridine rings is 1. The second-order valence-corrected chi connectivity index (χ2v) is 5.23. The van der Waals surface area contributed by atoms with Crippen molar-refractivity contribution < 1.29 is 8.42 Å². The Hall–Kier alpha value is -0.620. The summed E-state index contributed by atoms with van der Waals surface area (Å²) in [7, 11) is -3.25. The van der Waals surface area contributed by atoms with Gasteiger partial charge in [0, 0.05) is 0 Å². The first kappa shape index (κ1) is 10.5. The van der Waals surface area contributed by atoms with Crippen molar-refractivity contribution in [2.24, 2.45) is 0 Å². The highest BCUT2D eigenvalue weighted by Crippen LogP contribution is 2.16. The van der Waals surface area contributed by atoms with Crippen LogP contribution in [-0.2, 0) is 10.0 Å². The highest BCUT2D eigenvalue weighted by atomic mass is 79.9. The highest BCUT2D eigenvalue weighted by molar-refractivity contribution is 9.10. The van der Waals surface area contributed by atoms with Crippen molar-refractivity contribution in [2.75, 3.05) is 11.0 Å². The van der Waals surface area contributed by atoms with Crippen molar-refractivity contribution >= 4 is 31.8 Å². The molecule has 0 aliphatic rings. The quantitative estimate of drug-likeness (QED) is 0.825. The van der Waals surface area contributed by atoms with Crippen LogP contribution in [0.3, 0.4) is 0 Å². The zero-order chi connectivity index (χ0) is 10.1. The van der Waals surface area contributed by atoms with Gasteiger partial charge in [0.25, 0.3) is 0 Å². The third-order valence-electron chi connectivity index (χ3n) is 1.35. The number of aromatic nitrogens is 1. The van der Waals surface area contributed by atoms with E-state index in [1.807, 2.05) is 0 Å². The maximum absolute atomic E-state index is 10.9. The van der Waals surface area contributed by atoms with Crippen molar-refractivity contribution in [1.29, 1.82) is 0 Å². The Kier molecular flexibility index (Phi) is 2.92. The Bertz CT molecular complexity index is 417. The molecule has 0 radical (unpaired) electrons. The lowest BCUT2D eigenvalue weighted by Gasteiger charge is -2.05. The van der Waals surface area contributed by atoms with Crippen LogP contribution in [0.25, 0.3) is 0 Å². The first-order chi connectivity index (χ1) is 5.88. The number of hydrogen-bond donors (Lipinski definition) is 1. The van der Waals surface area contributed by atoms with Gasteiger partial charge < -0.3 is 0 Å². The minimum Gasteiger partial charge on any atom is -0.267 e. The third-order valence-corrected chi connectivity index (χ3v) is 2.35. The molecule has 0 aliphatic carbocycles. The predicted molar refractivity (Wildman–Crippen MR) is 55.1 cm³/mol. The van der Waals surface area contributed by atoms with Gasteiger partial charge in [0.2, 0.25) is 10.0 Å². The summed E-state index contributed by atoms with van der Waals surface area (Å²) in [6.07, 6.45) is 1.09. The van der Waals surface area contributed by atoms with Crippen LogP contribution in [0, 0.1) is 6.92 Å². The third kappa shape index (κ3) is 3.31. The molecule has 0 atom stereocenters. The minimum atomic E-state index is -3.25. The summed E-state index contributed by atoms with van der Waals surface area (Å²) in [5, 5.41) is 0. The minimum absolute atomic E-state index is 0.358. The van der Waals surface area contributed by atoms with Gasteiger partial charge in [-0.15, -0.1) is 0 Å². The van der Waals surface area contributed by atoms with Gasteiger partial charge in [-0.2, -0.15) is 0 Å². The normalized spacial score (nSPS) is 11.3. The number of aryl methyl sites for hydroxylation is 1. The number of nitrogens with zero attached hydrogens (tertiary/aromatic N) is 1. The van der Waals surface area contributed by atoms with Gasteiger partial charge >= 0.3 is 0 Å². The van der Waals surface area contributed by atoms with E-state index in [4.69, 9.17) is 0 Å². The van der Waals surface area contributed by atoms with Gasteiger partial charge in [0.1, 0.15) is 10.4 Å². The molecule has 6 heteroatoms. The van der Waals surface area contributed by atoms with E-state index in [-0.39, 0.29) is 0 Å². The van der Waals surface area contributed by atoms with E-state index in [0.29, 0.717) is 10.4 Å². The van der Waals surface area contributed by atoms with E-state index in [1.54, 1.807) is 19.1 Å². The molecule has 0 saturated carbocycles. The maximum Gasteiger partial charge on any atom is 0.230 e. The first-order valence-electron chi connectivity index (χ1n) is 3.49. The van der Waals surface area contributed by atoms with Gasteiger partial charge in [-0.25, -0.2) is 13.4 Å². The van der Waals surface area contributed by atoms with Crippen LogP contribution in [0.2, 0.25) is 0 Å². The van der Waals surface area contributed by atoms with Crippen molar-refractivity contribution in [2.45, 2.75) is 6.92 Å². The van der Waals surface area contributed by atoms with Gasteiger partial charge in [0.15, 0.2) is 0 Å². The summed E-state index contributed by atoms with van der Waals surface area (Å²) in [6, 6.07) is 3.54. The molecule has 72 valence electrons. The molecule has 13 heavy (non-hydrogen) atoms. The summed E-state index contributed by atoms with van der Waals surface area (Å²) in [6.45, 7) is 1.78. The lowest BCUT2D eigenvalue weighted by Crippen LogP contribution is -2.11. The molecule has 0 bridgehead atoms. The molecule has 0 unspecified atom stereocenters. The van der Waals surface area contributed by atoms with E-state index in [9.17, 15) is 8.42 Å². The fourth-order valence-corrected chi connectivity index (χ4v) is 1.65. The average Bonchev–Trinajstić information content (AvgIpc) is 1.94. The maximum atomic E-state index is 10.9. The number of rotatable bonds is 2. The molecule has 1 N–H and O–H groups in total. The lowest BCUT2D eigenvalue weighted by molar-refractivity contribution is 0.606. The van der Waals surface area contributed by atoms with Gasteiger partial charge in [-0.3, -0.25) is 4.72 Å². The standard InChI is InChI=1S/C7H9BrN2O2S/c1-5-3-4-6(8)9-7(5)10-13(2,11)12/h3-4H,1-2H3,(H,9,10). The molecule has 1 rings (SSSR count). The number of anilines is 1. The zero-order valence-corrected chi connectivity index (χ0v) is 9.61. The van der Waals surface area contributed by atoms with E-state index >= 15 is 0 Å². The fraction of sp³-hybridized carbons (Fsp3) is 0.286. The summed E-state index contributed by atoms with van der Waals surface area (Å²) in [5.74, 6) is 0.358. The summed E-state index contributed by atoms with van der Waals surface area (Å²) < 4.78 is 24.7. The summed E-state index contributed by atoms with van der Waals surface area (Å²) in [4.78, 5) is 3.98. The van der Waals surface area contributed by atoms with Crippen molar-refractivity contribution in [1.82, 2.24) is 4.98 Å². The first-order valence-corrected chi connectivity index (χ1v) is 6.18. The number of nitrogens with one attached hydrogen (secondary N) is 1. The molecule has 0 aromatic carbocycles. The van der Waals surface area contributed by atoms with Crippen LogP contribution < -0.4 is 4.72 Å². The van der Waals surface area contributed by atoms with Crippen molar-refractivity contribution in [3.8, 4) is 0 Å². The molecule has 0 aliphatic heterocycles. The van der Waals surface area contributed by atoms with Crippen molar-refractivity contribution in [3.05, 3.63) is 22.3 Å². The Labute approximate surface area is 85.6 Å². The molecule has 1 aromatic rings. The van der Waals surface area contributed by atoms with Crippen LogP contribution in [0.4, 0.5) is 5.82 Å². The lowest BCUT2D eigenvalue weighted by atomic mass is 10.3. The van der Waals surface area contributed by atoms with Gasteiger partial charge in [-0.1, -0.05) is 6.07 Å². The average molecular weight is 265 g/mol. The number of sulfonamides is 1. The molecule has 1 aromatic heterocycles. The van der Waals surface area contributed by atoms with Crippen LogP contribution in [-0.4, -0.2) is 19.7 Å². The molecule has 0 saturated heterocycles. The SMILES string of the molecule is Cc1ccc(Br)nc1NS(C)(=O)=O.